The van der Waals surface area contributed by atoms with E-state index in [1.54, 1.807) is 0 Å². The van der Waals surface area contributed by atoms with Crippen molar-refractivity contribution < 1.29 is 29.0 Å². The van der Waals surface area contributed by atoms with Crippen molar-refractivity contribution in [3.05, 3.63) is 102 Å². The number of urea groups is 1. The number of hydrogen-bond acceptors (Lipinski definition) is 8. The lowest BCUT2D eigenvalue weighted by molar-refractivity contribution is -0.394. The highest BCUT2D eigenvalue weighted by Crippen LogP contribution is 2.35. The predicted octanol–water partition coefficient (Wildman–Crippen LogP) is 5.27. The van der Waals surface area contributed by atoms with Gasteiger partial charge < -0.3 is 4.74 Å². The van der Waals surface area contributed by atoms with Crippen LogP contribution in [0, 0.1) is 20.2 Å². The van der Waals surface area contributed by atoms with Crippen LogP contribution in [0.4, 0.5) is 21.9 Å². The summed E-state index contributed by atoms with van der Waals surface area (Å²) in [6, 6.07) is 11.8. The van der Waals surface area contributed by atoms with E-state index >= 15 is 0 Å². The Balaban J connectivity index is 1.66. The van der Waals surface area contributed by atoms with E-state index in [4.69, 9.17) is 27.9 Å². The van der Waals surface area contributed by atoms with Crippen molar-refractivity contribution in [1.82, 2.24) is 5.32 Å². The maximum Gasteiger partial charge on any atom is 0.335 e. The van der Waals surface area contributed by atoms with Gasteiger partial charge in [-0.25, -0.2) is 9.69 Å². The molecule has 0 bridgehead atoms. The van der Waals surface area contributed by atoms with Crippen molar-refractivity contribution >= 4 is 64.2 Å². The zero-order valence-electron chi connectivity index (χ0n) is 18.2. The molecule has 0 atom stereocenters. The van der Waals surface area contributed by atoms with E-state index < -0.39 is 39.1 Å². The normalized spacial score (nSPS) is 14.5. The number of halogens is 2. The number of hydrogen-bond donors (Lipinski definition) is 1. The molecule has 14 heteroatoms. The lowest BCUT2D eigenvalue weighted by Gasteiger charge is -2.26. The van der Waals surface area contributed by atoms with Gasteiger partial charge in [0.1, 0.15) is 11.3 Å². The SMILES string of the molecule is O=C1NC(=O)N(c2ccc(Cl)c(Cl)c2)C(=O)/C1=C\c1cccc(Oc2ccc([N+](=O)[O-])cc2[N+](=O)[O-])c1. The number of non-ortho nitro benzene ring substituents is 1. The number of nitrogens with one attached hydrogen (secondary N) is 1. The number of nitrogens with zero attached hydrogens (tertiary/aromatic N) is 3. The molecule has 1 saturated heterocycles. The van der Waals surface area contributed by atoms with Gasteiger partial charge in [0.05, 0.1) is 31.6 Å². The van der Waals surface area contributed by atoms with E-state index in [9.17, 15) is 34.6 Å². The molecule has 1 aliphatic rings. The third-order valence-electron chi connectivity index (χ3n) is 5.01. The van der Waals surface area contributed by atoms with E-state index in [2.05, 4.69) is 5.32 Å². The molecule has 1 heterocycles. The van der Waals surface area contributed by atoms with E-state index in [1.165, 1.54) is 48.5 Å². The van der Waals surface area contributed by atoms with Gasteiger partial charge in [-0.15, -0.1) is 0 Å². The van der Waals surface area contributed by atoms with E-state index in [0.717, 1.165) is 23.1 Å². The van der Waals surface area contributed by atoms with Gasteiger partial charge in [0, 0.05) is 6.07 Å². The van der Waals surface area contributed by atoms with Crippen LogP contribution in [0.2, 0.25) is 10.0 Å². The number of benzene rings is 3. The van der Waals surface area contributed by atoms with Crippen molar-refractivity contribution in [2.75, 3.05) is 4.90 Å². The monoisotopic (exact) mass is 542 g/mol. The predicted molar refractivity (Wildman–Crippen MR) is 132 cm³/mol. The molecule has 1 N–H and O–H groups in total. The van der Waals surface area contributed by atoms with Gasteiger partial charge in [-0.2, -0.15) is 0 Å². The summed E-state index contributed by atoms with van der Waals surface area (Å²) in [6.07, 6.45) is 1.20. The van der Waals surface area contributed by atoms with Crippen molar-refractivity contribution in [3.63, 3.8) is 0 Å². The molecule has 3 aromatic rings. The van der Waals surface area contributed by atoms with Gasteiger partial charge >= 0.3 is 11.7 Å². The van der Waals surface area contributed by atoms with E-state index in [-0.39, 0.29) is 38.4 Å². The molecule has 186 valence electrons. The van der Waals surface area contributed by atoms with Gasteiger partial charge in [0.2, 0.25) is 5.75 Å². The van der Waals surface area contributed by atoms with Gasteiger partial charge in [0.15, 0.2) is 0 Å². The molecule has 0 aliphatic carbocycles. The lowest BCUT2D eigenvalue weighted by Crippen LogP contribution is -2.54. The molecule has 4 rings (SSSR count). The van der Waals surface area contributed by atoms with Crippen molar-refractivity contribution in [3.8, 4) is 11.5 Å². The van der Waals surface area contributed by atoms with Gasteiger partial charge in [-0.05, 0) is 48.0 Å². The Morgan fingerprint density at radius 1 is 0.892 bits per heavy atom. The Morgan fingerprint density at radius 3 is 2.32 bits per heavy atom. The summed E-state index contributed by atoms with van der Waals surface area (Å²) < 4.78 is 5.55. The second kappa shape index (κ2) is 10.0. The smallest absolute Gasteiger partial charge is 0.335 e. The Bertz CT molecular complexity index is 1540. The van der Waals surface area contributed by atoms with Crippen LogP contribution in [0.3, 0.4) is 0 Å². The van der Waals surface area contributed by atoms with Crippen molar-refractivity contribution in [2.45, 2.75) is 0 Å². The fourth-order valence-corrected chi connectivity index (χ4v) is 3.62. The number of ether oxygens (including phenoxy) is 1. The summed E-state index contributed by atoms with van der Waals surface area (Å²) in [4.78, 5) is 59.3. The van der Waals surface area contributed by atoms with Gasteiger partial charge in [0.25, 0.3) is 17.5 Å². The molecule has 1 fully saturated rings. The minimum Gasteiger partial charge on any atom is -0.450 e. The highest BCUT2D eigenvalue weighted by Gasteiger charge is 2.37. The van der Waals surface area contributed by atoms with Crippen LogP contribution < -0.4 is 15.0 Å². The molecule has 3 aromatic carbocycles. The highest BCUT2D eigenvalue weighted by molar-refractivity contribution is 6.43. The summed E-state index contributed by atoms with van der Waals surface area (Å²) in [5, 5.41) is 24.7. The average Bonchev–Trinajstić information content (AvgIpc) is 2.84. The summed E-state index contributed by atoms with van der Waals surface area (Å²) in [5.41, 5.74) is -1.14. The standard InChI is InChI=1S/C23H12Cl2N4O8/c24-17-6-4-13(10-18(17)25)27-22(31)16(21(30)26-23(27)32)9-12-2-1-3-15(8-12)37-20-7-5-14(28(33)34)11-19(20)29(35)36/h1-11H,(H,26,30,32)/b16-9-. The summed E-state index contributed by atoms with van der Waals surface area (Å²) >= 11 is 11.9. The minimum absolute atomic E-state index is 0.0763. The Hall–Kier alpha value is -4.81. The summed E-state index contributed by atoms with van der Waals surface area (Å²) in [7, 11) is 0. The van der Waals surface area contributed by atoms with E-state index in [1.807, 2.05) is 0 Å². The van der Waals surface area contributed by atoms with Crippen LogP contribution >= 0.6 is 23.2 Å². The van der Waals surface area contributed by atoms with Gasteiger partial charge in [-0.3, -0.25) is 35.1 Å². The molecule has 37 heavy (non-hydrogen) atoms. The fourth-order valence-electron chi connectivity index (χ4n) is 3.33. The Morgan fingerprint density at radius 2 is 1.65 bits per heavy atom. The maximum atomic E-state index is 13.1. The zero-order valence-corrected chi connectivity index (χ0v) is 19.7. The first-order valence-electron chi connectivity index (χ1n) is 10.1. The number of carbonyl (C=O) groups excluding carboxylic acids is 3. The van der Waals surface area contributed by atoms with Crippen LogP contribution in [0.25, 0.3) is 6.08 Å². The maximum absolute atomic E-state index is 13.1. The molecule has 4 amide bonds. The molecule has 0 saturated carbocycles. The fraction of sp³-hybridized carbons (Fsp3) is 0. The van der Waals surface area contributed by atoms with Crippen molar-refractivity contribution in [2.24, 2.45) is 0 Å². The quantitative estimate of drug-likeness (QED) is 0.190. The molecule has 0 unspecified atom stereocenters. The van der Waals surface area contributed by atoms with E-state index in [0.29, 0.717) is 0 Å². The molecule has 1 aliphatic heterocycles. The van der Waals surface area contributed by atoms with Crippen molar-refractivity contribution in [1.29, 1.82) is 0 Å². The molecular formula is C23H12Cl2N4O8. The minimum atomic E-state index is -0.979. The second-order valence-electron chi connectivity index (χ2n) is 7.40. The number of anilines is 1. The van der Waals surface area contributed by atoms with Crippen LogP contribution in [0.5, 0.6) is 11.5 Å². The zero-order chi connectivity index (χ0) is 26.9. The number of nitro groups is 2. The number of barbiturate groups is 1. The average molecular weight is 543 g/mol. The third kappa shape index (κ3) is 5.24. The Labute approximate surface area is 216 Å². The second-order valence-corrected chi connectivity index (χ2v) is 8.21. The number of amides is 4. The summed E-state index contributed by atoms with van der Waals surface area (Å²) in [5.74, 6) is -2.05. The van der Waals surface area contributed by atoms with Crippen LogP contribution in [0.1, 0.15) is 5.56 Å². The van der Waals surface area contributed by atoms with Crippen LogP contribution in [-0.2, 0) is 9.59 Å². The Kier molecular flexibility index (Phi) is 6.87. The number of carbonyl (C=O) groups is 3. The van der Waals surface area contributed by atoms with Crippen LogP contribution in [0.15, 0.2) is 66.2 Å². The number of nitro benzene ring substituents is 2. The highest BCUT2D eigenvalue weighted by atomic mass is 35.5. The van der Waals surface area contributed by atoms with Crippen LogP contribution in [-0.4, -0.2) is 27.7 Å². The molecule has 0 spiro atoms. The summed E-state index contributed by atoms with van der Waals surface area (Å²) in [6.45, 7) is 0. The lowest BCUT2D eigenvalue weighted by atomic mass is 10.1. The first-order chi connectivity index (χ1) is 17.5. The first kappa shape index (κ1) is 25.3. The first-order valence-corrected chi connectivity index (χ1v) is 10.9. The molecule has 0 aromatic heterocycles. The molecular weight excluding hydrogens is 531 g/mol. The third-order valence-corrected chi connectivity index (χ3v) is 5.75. The number of rotatable bonds is 6. The topological polar surface area (TPSA) is 162 Å². The number of imide groups is 2. The molecule has 12 nitrogen and oxygen atoms in total. The van der Waals surface area contributed by atoms with Gasteiger partial charge in [-0.1, -0.05) is 35.3 Å². The molecule has 0 radical (unpaired) electrons. The largest absolute Gasteiger partial charge is 0.450 e.